The highest BCUT2D eigenvalue weighted by molar-refractivity contribution is 5.80. The second-order valence-corrected chi connectivity index (χ2v) is 3.89. The number of nitrogens with one attached hydrogen (secondary N) is 1. The van der Waals surface area contributed by atoms with Crippen molar-refractivity contribution in [3.63, 3.8) is 0 Å². The fraction of sp³-hybridized carbons (Fsp3) is 0.889. The lowest BCUT2D eigenvalue weighted by atomic mass is 10.0. The minimum atomic E-state index is -0.419. The van der Waals surface area contributed by atoms with Crippen molar-refractivity contribution in [1.29, 1.82) is 0 Å². The van der Waals surface area contributed by atoms with Gasteiger partial charge in [0.15, 0.2) is 0 Å². The third-order valence-corrected chi connectivity index (χ3v) is 2.67. The van der Waals surface area contributed by atoms with E-state index in [1.165, 1.54) is 6.42 Å². The minimum Gasteiger partial charge on any atom is -0.354 e. The van der Waals surface area contributed by atoms with Crippen LogP contribution in [0.1, 0.15) is 26.2 Å². The van der Waals surface area contributed by atoms with Gasteiger partial charge in [-0.25, -0.2) is 0 Å². The van der Waals surface area contributed by atoms with Crippen LogP contribution in [0.4, 0.5) is 0 Å². The number of amides is 1. The fourth-order valence-corrected chi connectivity index (χ4v) is 1.71. The molecular formula is C9H19N3O. The van der Waals surface area contributed by atoms with Gasteiger partial charge in [-0.15, -0.1) is 0 Å². The zero-order valence-corrected chi connectivity index (χ0v) is 8.12. The van der Waals surface area contributed by atoms with Crippen LogP contribution in [-0.2, 0) is 4.79 Å². The first-order chi connectivity index (χ1) is 6.11. The third-order valence-electron chi connectivity index (χ3n) is 2.67. The molecule has 0 spiro atoms. The van der Waals surface area contributed by atoms with Crippen LogP contribution in [0.2, 0.25) is 0 Å². The minimum absolute atomic E-state index is 0.0842. The molecule has 0 aromatic rings. The molecule has 13 heavy (non-hydrogen) atoms. The SMILES string of the molecule is CC(N)C(=O)NCC1CCCC1N. The molecule has 1 fully saturated rings. The van der Waals surface area contributed by atoms with Crippen molar-refractivity contribution in [3.05, 3.63) is 0 Å². The van der Waals surface area contributed by atoms with E-state index in [9.17, 15) is 4.79 Å². The molecule has 4 nitrogen and oxygen atoms in total. The molecule has 3 unspecified atom stereocenters. The van der Waals surface area contributed by atoms with Crippen molar-refractivity contribution in [3.8, 4) is 0 Å². The normalized spacial score (nSPS) is 30.1. The predicted molar refractivity (Wildman–Crippen MR) is 52.0 cm³/mol. The Hall–Kier alpha value is -0.610. The van der Waals surface area contributed by atoms with E-state index in [-0.39, 0.29) is 11.9 Å². The summed E-state index contributed by atoms with van der Waals surface area (Å²) in [4.78, 5) is 11.1. The highest BCUT2D eigenvalue weighted by Crippen LogP contribution is 2.22. The van der Waals surface area contributed by atoms with Crippen LogP contribution in [0.25, 0.3) is 0 Å². The molecule has 1 rings (SSSR count). The summed E-state index contributed by atoms with van der Waals surface area (Å²) < 4.78 is 0. The zero-order chi connectivity index (χ0) is 9.84. The molecule has 0 heterocycles. The first-order valence-corrected chi connectivity index (χ1v) is 4.90. The summed E-state index contributed by atoms with van der Waals surface area (Å²) in [6, 6.07) is -0.161. The van der Waals surface area contributed by atoms with Gasteiger partial charge in [0, 0.05) is 12.6 Å². The lowest BCUT2D eigenvalue weighted by Gasteiger charge is -2.16. The molecule has 1 amide bonds. The maximum atomic E-state index is 11.1. The van der Waals surface area contributed by atoms with Crippen molar-refractivity contribution in [2.24, 2.45) is 17.4 Å². The monoisotopic (exact) mass is 185 g/mol. The van der Waals surface area contributed by atoms with Gasteiger partial charge >= 0.3 is 0 Å². The number of nitrogens with two attached hydrogens (primary N) is 2. The van der Waals surface area contributed by atoms with Gasteiger partial charge in [0.1, 0.15) is 0 Å². The predicted octanol–water partition coefficient (Wildman–Crippen LogP) is -0.423. The molecule has 1 aliphatic rings. The van der Waals surface area contributed by atoms with Crippen LogP contribution >= 0.6 is 0 Å². The maximum Gasteiger partial charge on any atom is 0.236 e. The van der Waals surface area contributed by atoms with E-state index in [2.05, 4.69) is 5.32 Å². The van der Waals surface area contributed by atoms with Gasteiger partial charge < -0.3 is 16.8 Å². The molecule has 5 N–H and O–H groups in total. The largest absolute Gasteiger partial charge is 0.354 e. The Kier molecular flexibility index (Phi) is 3.69. The Bertz CT molecular complexity index is 182. The van der Waals surface area contributed by atoms with Gasteiger partial charge in [-0.05, 0) is 25.7 Å². The number of rotatable bonds is 3. The first-order valence-electron chi connectivity index (χ1n) is 4.90. The highest BCUT2D eigenvalue weighted by Gasteiger charge is 2.24. The quantitative estimate of drug-likeness (QED) is 0.558. The fourth-order valence-electron chi connectivity index (χ4n) is 1.71. The molecule has 0 bridgehead atoms. The Balaban J connectivity index is 2.22. The second-order valence-electron chi connectivity index (χ2n) is 3.89. The summed E-state index contributed by atoms with van der Waals surface area (Å²) >= 11 is 0. The maximum absolute atomic E-state index is 11.1. The standard InChI is InChI=1S/C9H19N3O/c1-6(10)9(13)12-5-7-3-2-4-8(7)11/h6-8H,2-5,10-11H2,1H3,(H,12,13). The van der Waals surface area contributed by atoms with E-state index >= 15 is 0 Å². The van der Waals surface area contributed by atoms with Crippen LogP contribution in [0, 0.1) is 5.92 Å². The van der Waals surface area contributed by atoms with Gasteiger partial charge in [0.25, 0.3) is 0 Å². The van der Waals surface area contributed by atoms with Crippen LogP contribution in [0.3, 0.4) is 0 Å². The van der Waals surface area contributed by atoms with E-state index < -0.39 is 6.04 Å². The second kappa shape index (κ2) is 4.58. The van der Waals surface area contributed by atoms with E-state index in [1.807, 2.05) is 0 Å². The first kappa shape index (κ1) is 10.5. The average Bonchev–Trinajstić information content (AvgIpc) is 2.47. The third kappa shape index (κ3) is 2.97. The lowest BCUT2D eigenvalue weighted by Crippen LogP contribution is -2.42. The summed E-state index contributed by atoms with van der Waals surface area (Å²) in [5.41, 5.74) is 11.3. The Labute approximate surface area is 79.0 Å². The van der Waals surface area contributed by atoms with Gasteiger partial charge in [-0.1, -0.05) is 6.42 Å². The number of carbonyl (C=O) groups is 1. The van der Waals surface area contributed by atoms with Gasteiger partial charge in [0.05, 0.1) is 6.04 Å². The van der Waals surface area contributed by atoms with Crippen LogP contribution in [0.5, 0.6) is 0 Å². The highest BCUT2D eigenvalue weighted by atomic mass is 16.2. The number of carbonyl (C=O) groups excluding carboxylic acids is 1. The molecule has 1 aliphatic carbocycles. The van der Waals surface area contributed by atoms with Crippen molar-refractivity contribution >= 4 is 5.91 Å². The zero-order valence-electron chi connectivity index (χ0n) is 8.12. The summed E-state index contributed by atoms with van der Waals surface area (Å²) in [7, 11) is 0. The van der Waals surface area contributed by atoms with Gasteiger partial charge in [-0.3, -0.25) is 4.79 Å². The van der Waals surface area contributed by atoms with Crippen LogP contribution in [-0.4, -0.2) is 24.5 Å². The molecule has 0 radical (unpaired) electrons. The molecular weight excluding hydrogens is 166 g/mol. The van der Waals surface area contributed by atoms with Crippen LogP contribution in [0.15, 0.2) is 0 Å². The number of hydrogen-bond donors (Lipinski definition) is 3. The molecule has 0 aromatic heterocycles. The van der Waals surface area contributed by atoms with Crippen LogP contribution < -0.4 is 16.8 Å². The van der Waals surface area contributed by atoms with E-state index in [0.29, 0.717) is 12.5 Å². The molecule has 0 saturated heterocycles. The molecule has 0 aliphatic heterocycles. The smallest absolute Gasteiger partial charge is 0.236 e. The van der Waals surface area contributed by atoms with Gasteiger partial charge in [0.2, 0.25) is 5.91 Å². The van der Waals surface area contributed by atoms with E-state index in [4.69, 9.17) is 11.5 Å². The summed E-state index contributed by atoms with van der Waals surface area (Å²) in [6.45, 7) is 2.37. The molecule has 4 heteroatoms. The van der Waals surface area contributed by atoms with Gasteiger partial charge in [-0.2, -0.15) is 0 Å². The topological polar surface area (TPSA) is 81.1 Å². The number of hydrogen-bond acceptors (Lipinski definition) is 3. The molecule has 3 atom stereocenters. The molecule has 1 saturated carbocycles. The van der Waals surface area contributed by atoms with Crippen molar-refractivity contribution < 1.29 is 4.79 Å². The Morgan fingerprint density at radius 2 is 2.31 bits per heavy atom. The van der Waals surface area contributed by atoms with Crippen molar-refractivity contribution in [2.45, 2.75) is 38.3 Å². The average molecular weight is 185 g/mol. The van der Waals surface area contributed by atoms with Crippen molar-refractivity contribution in [1.82, 2.24) is 5.32 Å². The summed E-state index contributed by atoms with van der Waals surface area (Å²) in [6.07, 6.45) is 3.39. The van der Waals surface area contributed by atoms with Crippen molar-refractivity contribution in [2.75, 3.05) is 6.54 Å². The van der Waals surface area contributed by atoms with E-state index in [1.54, 1.807) is 6.92 Å². The Morgan fingerprint density at radius 3 is 2.77 bits per heavy atom. The summed E-state index contributed by atoms with van der Waals surface area (Å²) in [5, 5.41) is 2.81. The molecule has 76 valence electrons. The lowest BCUT2D eigenvalue weighted by molar-refractivity contribution is -0.122. The summed E-state index contributed by atoms with van der Waals surface area (Å²) in [5.74, 6) is 0.363. The molecule has 0 aromatic carbocycles. The van der Waals surface area contributed by atoms with E-state index in [0.717, 1.165) is 12.8 Å². The Morgan fingerprint density at radius 1 is 1.62 bits per heavy atom.